The molecule has 0 aliphatic carbocycles. The molecule has 1 N–H and O–H groups in total. The van der Waals surface area contributed by atoms with Crippen molar-refractivity contribution in [2.45, 2.75) is 39.2 Å². The number of fused-ring (bicyclic) bond motifs is 1. The lowest BCUT2D eigenvalue weighted by atomic mass is 10.1. The molecule has 8 nitrogen and oxygen atoms in total. The second-order valence-corrected chi connectivity index (χ2v) is 9.22. The van der Waals surface area contributed by atoms with E-state index in [2.05, 4.69) is 27.4 Å². The molecule has 0 unspecified atom stereocenters. The number of thiophene rings is 1. The van der Waals surface area contributed by atoms with Gasteiger partial charge in [-0.3, -0.25) is 9.20 Å². The van der Waals surface area contributed by atoms with Gasteiger partial charge < -0.3 is 14.3 Å². The zero-order valence-corrected chi connectivity index (χ0v) is 20.0. The zero-order valence-electron chi connectivity index (χ0n) is 18.5. The average molecular weight is 496 g/mol. The molecular weight excluding hydrogens is 474 g/mol. The molecule has 0 aromatic carbocycles. The maximum Gasteiger partial charge on any atom is 0.273 e. The maximum absolute atomic E-state index is 12.9. The molecule has 5 aromatic heterocycles. The fourth-order valence-corrected chi connectivity index (χ4v) is 4.57. The van der Waals surface area contributed by atoms with Crippen LogP contribution in [0.1, 0.15) is 47.4 Å². The van der Waals surface area contributed by atoms with Gasteiger partial charge in [-0.25, -0.2) is 4.98 Å². The van der Waals surface area contributed by atoms with Crippen molar-refractivity contribution in [2.75, 3.05) is 0 Å². The largest absolute Gasteiger partial charge is 0.472 e. The van der Waals surface area contributed by atoms with Gasteiger partial charge in [0.15, 0.2) is 5.69 Å². The van der Waals surface area contributed by atoms with E-state index in [1.54, 1.807) is 28.3 Å². The van der Waals surface area contributed by atoms with Gasteiger partial charge in [0.05, 0.1) is 24.6 Å². The van der Waals surface area contributed by atoms with E-state index in [1.807, 2.05) is 35.8 Å². The minimum absolute atomic E-state index is 0.135. The van der Waals surface area contributed by atoms with Crippen molar-refractivity contribution in [3.63, 3.8) is 0 Å². The first kappa shape index (κ1) is 22.4. The Kier molecular flexibility index (Phi) is 6.46. The molecule has 0 fully saturated rings. The standard InChI is InChI=1S/C24H22ClN5O3S/c1-2-3-4-7-19-27-22(29-33-19)18-11-16(15-8-9-32-14-15)13-30-21(25)20(28-23(18)30)24(31)26-12-17-6-5-10-34-17/h5-6,8-11,13-14H,2-4,7,12H2,1H3,(H,26,31). The fourth-order valence-electron chi connectivity index (χ4n) is 3.67. The highest BCUT2D eigenvalue weighted by atomic mass is 35.5. The Hall–Kier alpha value is -3.43. The summed E-state index contributed by atoms with van der Waals surface area (Å²) in [5.74, 6) is 0.613. The number of imidazole rings is 1. The molecule has 0 atom stereocenters. The minimum atomic E-state index is -0.355. The third kappa shape index (κ3) is 4.49. The number of amides is 1. The summed E-state index contributed by atoms with van der Waals surface area (Å²) in [6.07, 6.45) is 8.94. The van der Waals surface area contributed by atoms with Crippen molar-refractivity contribution in [3.05, 3.63) is 70.0 Å². The first-order valence-corrected chi connectivity index (χ1v) is 12.3. The van der Waals surface area contributed by atoms with Gasteiger partial charge in [0, 0.05) is 28.6 Å². The highest BCUT2D eigenvalue weighted by Crippen LogP contribution is 2.32. The quantitative estimate of drug-likeness (QED) is 0.251. The van der Waals surface area contributed by atoms with Gasteiger partial charge in [-0.05, 0) is 30.0 Å². The van der Waals surface area contributed by atoms with E-state index < -0.39 is 0 Å². The van der Waals surface area contributed by atoms with Gasteiger partial charge in [-0.15, -0.1) is 11.3 Å². The van der Waals surface area contributed by atoms with Gasteiger partial charge >= 0.3 is 0 Å². The topological polar surface area (TPSA) is 98.5 Å². The van der Waals surface area contributed by atoms with E-state index in [4.69, 9.17) is 20.5 Å². The van der Waals surface area contributed by atoms with Crippen LogP contribution in [0.15, 0.2) is 57.3 Å². The monoisotopic (exact) mass is 495 g/mol. The molecule has 0 spiro atoms. The summed E-state index contributed by atoms with van der Waals surface area (Å²) < 4.78 is 12.4. The number of rotatable bonds is 9. The van der Waals surface area contributed by atoms with Gasteiger partial charge in [-0.2, -0.15) is 4.98 Å². The molecule has 1 amide bonds. The highest BCUT2D eigenvalue weighted by Gasteiger charge is 2.23. The molecule has 5 heterocycles. The number of nitrogens with one attached hydrogen (secondary N) is 1. The van der Waals surface area contributed by atoms with Gasteiger partial charge in [0.25, 0.3) is 5.91 Å². The number of aromatic nitrogens is 4. The van der Waals surface area contributed by atoms with Crippen molar-refractivity contribution in [2.24, 2.45) is 0 Å². The summed E-state index contributed by atoms with van der Waals surface area (Å²) in [5, 5.41) is 9.24. The summed E-state index contributed by atoms with van der Waals surface area (Å²) in [4.78, 5) is 23.1. The second-order valence-electron chi connectivity index (χ2n) is 7.83. The number of pyridine rings is 1. The maximum atomic E-state index is 12.9. The Bertz CT molecular complexity index is 1410. The first-order valence-electron chi connectivity index (χ1n) is 11.0. The van der Waals surface area contributed by atoms with Crippen LogP contribution in [0.2, 0.25) is 5.15 Å². The Morgan fingerprint density at radius 1 is 1.24 bits per heavy atom. The van der Waals surface area contributed by atoms with E-state index in [0.717, 1.165) is 35.3 Å². The molecule has 34 heavy (non-hydrogen) atoms. The van der Waals surface area contributed by atoms with Crippen molar-refractivity contribution < 1.29 is 13.7 Å². The van der Waals surface area contributed by atoms with Crippen molar-refractivity contribution >= 4 is 34.5 Å². The molecule has 0 aliphatic rings. The smallest absolute Gasteiger partial charge is 0.273 e. The van der Waals surface area contributed by atoms with Crippen LogP contribution in [0.25, 0.3) is 28.2 Å². The van der Waals surface area contributed by atoms with Crippen LogP contribution in [-0.4, -0.2) is 25.4 Å². The Morgan fingerprint density at radius 3 is 2.91 bits per heavy atom. The van der Waals surface area contributed by atoms with E-state index in [0.29, 0.717) is 35.9 Å². The molecule has 0 aliphatic heterocycles. The summed E-state index contributed by atoms with van der Waals surface area (Å²) in [6, 6.07) is 7.64. The normalized spacial score (nSPS) is 11.4. The van der Waals surface area contributed by atoms with Crippen LogP contribution >= 0.6 is 22.9 Å². The predicted octanol–water partition coefficient (Wildman–Crippen LogP) is 6.02. The Balaban J connectivity index is 1.55. The summed E-state index contributed by atoms with van der Waals surface area (Å²) in [7, 11) is 0. The molecule has 5 rings (SSSR count). The Labute approximate surface area is 204 Å². The van der Waals surface area contributed by atoms with E-state index in [1.165, 1.54) is 0 Å². The van der Waals surface area contributed by atoms with Gasteiger partial charge in [0.2, 0.25) is 11.7 Å². The molecule has 0 bridgehead atoms. The molecule has 0 saturated carbocycles. The number of carbonyl (C=O) groups excluding carboxylic acids is 1. The fraction of sp³-hybridized carbons (Fsp3) is 0.250. The SMILES string of the molecule is CCCCCc1nc(-c2cc(-c3ccoc3)cn3c(Cl)c(C(=O)NCc4cccs4)nc23)no1. The third-order valence-electron chi connectivity index (χ3n) is 5.44. The molecule has 10 heteroatoms. The molecular formula is C24H22ClN5O3S. The second kappa shape index (κ2) is 9.82. The number of carbonyl (C=O) groups is 1. The number of halogens is 1. The average Bonchev–Trinajstić information content (AvgIpc) is 3.65. The van der Waals surface area contributed by atoms with Crippen molar-refractivity contribution in [3.8, 4) is 22.5 Å². The van der Waals surface area contributed by atoms with Crippen LogP contribution in [0.5, 0.6) is 0 Å². The number of furan rings is 1. The molecule has 0 radical (unpaired) electrons. The lowest BCUT2D eigenvalue weighted by molar-refractivity contribution is 0.0947. The van der Waals surface area contributed by atoms with Crippen LogP contribution < -0.4 is 5.32 Å². The molecule has 5 aromatic rings. The number of unbranched alkanes of at least 4 members (excludes halogenated alkanes) is 2. The number of hydrogen-bond acceptors (Lipinski definition) is 7. The van der Waals surface area contributed by atoms with E-state index in [9.17, 15) is 4.79 Å². The van der Waals surface area contributed by atoms with Crippen LogP contribution in [0, 0.1) is 0 Å². The van der Waals surface area contributed by atoms with E-state index in [-0.39, 0.29) is 16.8 Å². The van der Waals surface area contributed by atoms with Crippen LogP contribution in [0.4, 0.5) is 0 Å². The van der Waals surface area contributed by atoms with Crippen molar-refractivity contribution in [1.82, 2.24) is 24.8 Å². The predicted molar refractivity (Wildman–Crippen MR) is 130 cm³/mol. The summed E-state index contributed by atoms with van der Waals surface area (Å²) in [5.41, 5.74) is 2.89. The van der Waals surface area contributed by atoms with E-state index >= 15 is 0 Å². The lowest BCUT2D eigenvalue weighted by Crippen LogP contribution is -2.23. The number of hydrogen-bond donors (Lipinski definition) is 1. The third-order valence-corrected chi connectivity index (χ3v) is 6.68. The number of aryl methyl sites for hydroxylation is 1. The van der Waals surface area contributed by atoms with Gasteiger partial charge in [0.1, 0.15) is 10.8 Å². The first-order chi connectivity index (χ1) is 16.6. The highest BCUT2D eigenvalue weighted by molar-refractivity contribution is 7.09. The minimum Gasteiger partial charge on any atom is -0.472 e. The summed E-state index contributed by atoms with van der Waals surface area (Å²) in [6.45, 7) is 2.55. The van der Waals surface area contributed by atoms with Gasteiger partial charge in [-0.1, -0.05) is 42.6 Å². The molecule has 0 saturated heterocycles. The van der Waals surface area contributed by atoms with Crippen molar-refractivity contribution in [1.29, 1.82) is 0 Å². The Morgan fingerprint density at radius 2 is 2.15 bits per heavy atom. The lowest BCUT2D eigenvalue weighted by Gasteiger charge is -2.05. The zero-order chi connectivity index (χ0) is 23.5. The summed E-state index contributed by atoms with van der Waals surface area (Å²) >= 11 is 8.22. The molecule has 174 valence electrons. The van der Waals surface area contributed by atoms with Crippen LogP contribution in [0.3, 0.4) is 0 Å². The number of nitrogens with zero attached hydrogens (tertiary/aromatic N) is 4. The van der Waals surface area contributed by atoms with Crippen LogP contribution in [-0.2, 0) is 13.0 Å².